The highest BCUT2D eigenvalue weighted by Crippen LogP contribution is 2.28. The number of rotatable bonds is 6. The van der Waals surface area contributed by atoms with E-state index in [-0.39, 0.29) is 6.54 Å². The summed E-state index contributed by atoms with van der Waals surface area (Å²) in [4.78, 5) is 12.5. The summed E-state index contributed by atoms with van der Waals surface area (Å²) >= 11 is 6.00. The molecule has 6 nitrogen and oxygen atoms in total. The lowest BCUT2D eigenvalue weighted by molar-refractivity contribution is -0.114. The topological polar surface area (TPSA) is 75.7 Å². The van der Waals surface area contributed by atoms with Gasteiger partial charge in [-0.15, -0.1) is 0 Å². The summed E-state index contributed by atoms with van der Waals surface area (Å²) in [6, 6.07) is 10.2. The van der Waals surface area contributed by atoms with Crippen LogP contribution in [0.1, 0.15) is 11.1 Å². The maximum absolute atomic E-state index is 12.5. The first kappa shape index (κ1) is 20.1. The zero-order valence-corrected chi connectivity index (χ0v) is 16.6. The van der Waals surface area contributed by atoms with Gasteiger partial charge in [-0.25, -0.2) is 8.42 Å². The highest BCUT2D eigenvalue weighted by atomic mass is 35.5. The number of methoxy groups -OCH3 is 1. The number of aryl methyl sites for hydroxylation is 2. The second-order valence-electron chi connectivity index (χ2n) is 5.95. The Kier molecular flexibility index (Phi) is 6.15. The van der Waals surface area contributed by atoms with Crippen molar-refractivity contribution in [3.63, 3.8) is 0 Å². The maximum atomic E-state index is 12.5. The molecule has 0 bridgehead atoms. The SMILES string of the molecule is COc1ccc(C)cc1NC(=O)CN(c1cc(Cl)ccc1C)S(C)(=O)=O. The first-order chi connectivity index (χ1) is 12.1. The van der Waals surface area contributed by atoms with Crippen LogP contribution >= 0.6 is 11.6 Å². The Balaban J connectivity index is 2.31. The Morgan fingerprint density at radius 1 is 1.19 bits per heavy atom. The van der Waals surface area contributed by atoms with Crippen LogP contribution in [0, 0.1) is 13.8 Å². The molecule has 0 atom stereocenters. The van der Waals surface area contributed by atoms with Crippen LogP contribution in [0.3, 0.4) is 0 Å². The number of nitrogens with zero attached hydrogens (tertiary/aromatic N) is 1. The molecule has 0 heterocycles. The van der Waals surface area contributed by atoms with Gasteiger partial charge in [0.25, 0.3) is 0 Å². The van der Waals surface area contributed by atoms with Crippen LogP contribution in [0.15, 0.2) is 36.4 Å². The fourth-order valence-electron chi connectivity index (χ4n) is 2.47. The van der Waals surface area contributed by atoms with Crippen molar-refractivity contribution in [1.29, 1.82) is 0 Å². The molecule has 1 N–H and O–H groups in total. The van der Waals surface area contributed by atoms with E-state index in [9.17, 15) is 13.2 Å². The second-order valence-corrected chi connectivity index (χ2v) is 8.30. The van der Waals surface area contributed by atoms with E-state index in [1.54, 1.807) is 31.2 Å². The van der Waals surface area contributed by atoms with E-state index in [1.807, 2.05) is 13.0 Å². The number of halogens is 1. The summed E-state index contributed by atoms with van der Waals surface area (Å²) in [7, 11) is -2.19. The van der Waals surface area contributed by atoms with Gasteiger partial charge in [-0.05, 0) is 49.2 Å². The molecule has 0 unspecified atom stereocenters. The summed E-state index contributed by atoms with van der Waals surface area (Å²) in [5, 5.41) is 3.09. The maximum Gasteiger partial charge on any atom is 0.245 e. The molecule has 2 aromatic carbocycles. The summed E-state index contributed by atoms with van der Waals surface area (Å²) < 4.78 is 30.7. The van der Waals surface area contributed by atoms with Crippen molar-refractivity contribution >= 4 is 38.9 Å². The number of amides is 1. The van der Waals surface area contributed by atoms with Gasteiger partial charge in [0.1, 0.15) is 12.3 Å². The lowest BCUT2D eigenvalue weighted by Gasteiger charge is -2.24. The number of ether oxygens (including phenoxy) is 1. The predicted octanol–water partition coefficient (Wildman–Crippen LogP) is 3.37. The summed E-state index contributed by atoms with van der Waals surface area (Å²) in [5.41, 5.74) is 2.48. The third kappa shape index (κ3) is 4.89. The zero-order chi connectivity index (χ0) is 19.5. The van der Waals surface area contributed by atoms with Crippen LogP contribution in [0.5, 0.6) is 5.75 Å². The van der Waals surface area contributed by atoms with Gasteiger partial charge in [0.05, 0.1) is 24.7 Å². The van der Waals surface area contributed by atoms with Gasteiger partial charge in [-0.3, -0.25) is 9.10 Å². The van der Waals surface area contributed by atoms with E-state index in [4.69, 9.17) is 16.3 Å². The molecular formula is C18H21ClN2O4S. The molecule has 8 heteroatoms. The van der Waals surface area contributed by atoms with Crippen LogP contribution in [-0.4, -0.2) is 34.2 Å². The lowest BCUT2D eigenvalue weighted by atomic mass is 10.2. The molecule has 0 saturated heterocycles. The number of anilines is 2. The average molecular weight is 397 g/mol. The number of carbonyl (C=O) groups excluding carboxylic acids is 1. The fourth-order valence-corrected chi connectivity index (χ4v) is 3.54. The molecule has 0 aliphatic heterocycles. The average Bonchev–Trinajstić information content (AvgIpc) is 2.54. The first-order valence-electron chi connectivity index (χ1n) is 7.80. The Bertz CT molecular complexity index is 929. The van der Waals surface area contributed by atoms with Gasteiger partial charge in [-0.1, -0.05) is 23.7 Å². The molecule has 0 fully saturated rings. The highest BCUT2D eigenvalue weighted by molar-refractivity contribution is 7.92. The van der Waals surface area contributed by atoms with Gasteiger partial charge in [0.2, 0.25) is 15.9 Å². The molecule has 0 radical (unpaired) electrons. The largest absolute Gasteiger partial charge is 0.495 e. The number of hydrogen-bond donors (Lipinski definition) is 1. The Morgan fingerprint density at radius 3 is 2.50 bits per heavy atom. The van der Waals surface area contributed by atoms with E-state index >= 15 is 0 Å². The van der Waals surface area contributed by atoms with Crippen molar-refractivity contribution in [1.82, 2.24) is 0 Å². The van der Waals surface area contributed by atoms with Gasteiger partial charge in [0, 0.05) is 5.02 Å². The van der Waals surface area contributed by atoms with Crippen LogP contribution in [0.2, 0.25) is 5.02 Å². The minimum absolute atomic E-state index is 0.367. The molecule has 2 rings (SSSR count). The molecule has 0 spiro atoms. The molecule has 1 amide bonds. The van der Waals surface area contributed by atoms with Crippen LogP contribution in [0.4, 0.5) is 11.4 Å². The molecule has 2 aromatic rings. The molecule has 0 aromatic heterocycles. The molecule has 140 valence electrons. The Morgan fingerprint density at radius 2 is 1.88 bits per heavy atom. The van der Waals surface area contributed by atoms with Gasteiger partial charge in [-0.2, -0.15) is 0 Å². The normalized spacial score (nSPS) is 11.1. The van der Waals surface area contributed by atoms with Gasteiger partial charge >= 0.3 is 0 Å². The van der Waals surface area contributed by atoms with E-state index in [0.717, 1.165) is 16.1 Å². The van der Waals surface area contributed by atoms with E-state index in [0.29, 0.717) is 27.7 Å². The lowest BCUT2D eigenvalue weighted by Crippen LogP contribution is -2.38. The number of sulfonamides is 1. The third-order valence-electron chi connectivity index (χ3n) is 3.76. The molecular weight excluding hydrogens is 376 g/mol. The summed E-state index contributed by atoms with van der Waals surface area (Å²) in [6.45, 7) is 3.26. The number of hydrogen-bond acceptors (Lipinski definition) is 4. The number of benzene rings is 2. The van der Waals surface area contributed by atoms with Crippen LogP contribution < -0.4 is 14.4 Å². The molecule has 0 aliphatic carbocycles. The zero-order valence-electron chi connectivity index (χ0n) is 15.0. The summed E-state index contributed by atoms with van der Waals surface area (Å²) in [5.74, 6) is 0.00694. The van der Waals surface area contributed by atoms with Crippen molar-refractivity contribution in [3.8, 4) is 5.75 Å². The van der Waals surface area contributed by atoms with Crippen molar-refractivity contribution < 1.29 is 17.9 Å². The van der Waals surface area contributed by atoms with Crippen LogP contribution in [0.25, 0.3) is 0 Å². The molecule has 0 aliphatic rings. The Labute approximate surface area is 158 Å². The van der Waals surface area contributed by atoms with Crippen molar-refractivity contribution in [3.05, 3.63) is 52.5 Å². The Hall–Kier alpha value is -2.25. The summed E-state index contributed by atoms with van der Waals surface area (Å²) in [6.07, 6.45) is 1.05. The fraction of sp³-hybridized carbons (Fsp3) is 0.278. The second kappa shape index (κ2) is 7.97. The third-order valence-corrected chi connectivity index (χ3v) is 5.12. The van der Waals surface area contributed by atoms with Crippen LogP contribution in [-0.2, 0) is 14.8 Å². The monoisotopic (exact) mass is 396 g/mol. The minimum atomic E-state index is -3.69. The number of carbonyl (C=O) groups is 1. The van der Waals surface area contributed by atoms with E-state index < -0.39 is 15.9 Å². The first-order valence-corrected chi connectivity index (χ1v) is 10.0. The van der Waals surface area contributed by atoms with E-state index in [2.05, 4.69) is 5.32 Å². The van der Waals surface area contributed by atoms with Crippen molar-refractivity contribution in [2.24, 2.45) is 0 Å². The molecule has 26 heavy (non-hydrogen) atoms. The quantitative estimate of drug-likeness (QED) is 0.812. The highest BCUT2D eigenvalue weighted by Gasteiger charge is 2.23. The molecule has 0 saturated carbocycles. The van der Waals surface area contributed by atoms with Crippen molar-refractivity contribution in [2.45, 2.75) is 13.8 Å². The standard InChI is InChI=1S/C18H21ClN2O4S/c1-12-5-8-17(25-3)15(9-12)20-18(22)11-21(26(4,23)24)16-10-14(19)7-6-13(16)2/h5-10H,11H2,1-4H3,(H,20,22). The predicted molar refractivity (Wildman–Crippen MR) is 105 cm³/mol. The van der Waals surface area contributed by atoms with Gasteiger partial charge in [0.15, 0.2) is 0 Å². The smallest absolute Gasteiger partial charge is 0.245 e. The number of nitrogens with one attached hydrogen (secondary N) is 1. The van der Waals surface area contributed by atoms with E-state index in [1.165, 1.54) is 13.2 Å². The minimum Gasteiger partial charge on any atom is -0.495 e. The van der Waals surface area contributed by atoms with Crippen molar-refractivity contribution in [2.75, 3.05) is 29.5 Å². The van der Waals surface area contributed by atoms with Gasteiger partial charge < -0.3 is 10.1 Å².